The first kappa shape index (κ1) is 36.2. The number of nitrogen functional groups attached to an aromatic ring is 1. The number of benzene rings is 2. The summed E-state index contributed by atoms with van der Waals surface area (Å²) in [7, 11) is -2.90. The number of halogens is 3. The number of anilines is 3. The van der Waals surface area contributed by atoms with Crippen LogP contribution in [0.3, 0.4) is 0 Å². The Labute approximate surface area is 296 Å². The van der Waals surface area contributed by atoms with Crippen LogP contribution in [0.2, 0.25) is 5.04 Å². The molecule has 2 aliphatic heterocycles. The molecule has 0 aliphatic carbocycles. The third-order valence-corrected chi connectivity index (χ3v) is 14.5. The number of ether oxygens (including phenoxy) is 2. The molecule has 0 bridgehead atoms. The third-order valence-electron chi connectivity index (χ3n) is 9.35. The minimum absolute atomic E-state index is 0.0898. The van der Waals surface area contributed by atoms with Crippen molar-refractivity contribution in [2.24, 2.45) is 0 Å². The molecule has 0 unspecified atom stereocenters. The van der Waals surface area contributed by atoms with Gasteiger partial charge in [-0.2, -0.15) is 18.2 Å². The average molecular weight is 722 g/mol. The molecule has 51 heavy (non-hydrogen) atoms. The molecule has 2 fully saturated rings. The Balaban J connectivity index is 1.34. The zero-order valence-corrected chi connectivity index (χ0v) is 30.2. The molecule has 2 aromatic carbocycles. The van der Waals surface area contributed by atoms with Crippen molar-refractivity contribution in [2.45, 2.75) is 70.5 Å². The fourth-order valence-corrected chi connectivity index (χ4v) is 11.6. The normalized spacial score (nSPS) is 19.3. The molecular formula is C36H42F3N7O4Si. The van der Waals surface area contributed by atoms with Gasteiger partial charge in [0.2, 0.25) is 11.9 Å². The third kappa shape index (κ3) is 7.28. The zero-order valence-electron chi connectivity index (χ0n) is 29.2. The maximum atomic E-state index is 14.2. The van der Waals surface area contributed by atoms with Gasteiger partial charge in [-0.25, -0.2) is 19.7 Å². The van der Waals surface area contributed by atoms with Crippen LogP contribution in [0.5, 0.6) is 0 Å². The van der Waals surface area contributed by atoms with E-state index in [1.807, 2.05) is 50.2 Å². The summed E-state index contributed by atoms with van der Waals surface area (Å²) in [4.78, 5) is 33.3. The number of morpholine rings is 1. The Morgan fingerprint density at radius 3 is 2.16 bits per heavy atom. The predicted molar refractivity (Wildman–Crippen MR) is 190 cm³/mol. The lowest BCUT2D eigenvalue weighted by atomic mass is 10.1. The average Bonchev–Trinajstić information content (AvgIpc) is 3.38. The molecule has 15 heteroatoms. The number of amides is 1. The summed E-state index contributed by atoms with van der Waals surface area (Å²) in [5.74, 6) is -0.294. The van der Waals surface area contributed by atoms with Crippen molar-refractivity contribution in [1.29, 1.82) is 0 Å². The van der Waals surface area contributed by atoms with E-state index < -0.39 is 44.4 Å². The molecule has 2 N–H and O–H groups in total. The summed E-state index contributed by atoms with van der Waals surface area (Å²) >= 11 is 0. The number of alkyl halides is 3. The fourth-order valence-electron chi connectivity index (χ4n) is 6.92. The van der Waals surface area contributed by atoms with Gasteiger partial charge in [-0.05, 0) is 29.3 Å². The number of cyclic esters (lactones) is 1. The van der Waals surface area contributed by atoms with Crippen LogP contribution in [0.25, 0.3) is 11.3 Å². The second-order valence-electron chi connectivity index (χ2n) is 13.9. The summed E-state index contributed by atoms with van der Waals surface area (Å²) in [6.45, 7) is 12.0. The highest BCUT2D eigenvalue weighted by Crippen LogP contribution is 2.40. The van der Waals surface area contributed by atoms with Gasteiger partial charge in [0.1, 0.15) is 11.9 Å². The molecule has 2 aliphatic rings. The van der Waals surface area contributed by atoms with Gasteiger partial charge in [0.15, 0.2) is 5.69 Å². The van der Waals surface area contributed by atoms with E-state index >= 15 is 0 Å². The van der Waals surface area contributed by atoms with Gasteiger partial charge < -0.3 is 24.5 Å². The van der Waals surface area contributed by atoms with Gasteiger partial charge >= 0.3 is 12.3 Å². The largest absolute Gasteiger partial charge is 0.443 e. The monoisotopic (exact) mass is 721 g/mol. The van der Waals surface area contributed by atoms with Crippen LogP contribution in [0, 0.1) is 0 Å². The Kier molecular flexibility index (Phi) is 10.1. The molecular weight excluding hydrogens is 680 g/mol. The number of nitrogens with zero attached hydrogens (tertiary/aromatic N) is 6. The summed E-state index contributed by atoms with van der Waals surface area (Å²) in [5.41, 5.74) is 3.80. The van der Waals surface area contributed by atoms with Crippen LogP contribution in [-0.4, -0.2) is 78.9 Å². The van der Waals surface area contributed by atoms with Gasteiger partial charge in [-0.15, -0.1) is 0 Å². The second kappa shape index (κ2) is 14.2. The SMILES string of the molecule is C[C@@H](C[C@@H]1OC(=O)N(c2cc(-c3cnc(N)nc3C(F)(F)F)nc(N3CCOCC3)n2)[C@H]1C)O[Si](c1ccccc1)(c1ccccc1)C(C)(C)C. The highest BCUT2D eigenvalue weighted by molar-refractivity contribution is 6.99. The number of rotatable bonds is 9. The molecule has 0 radical (unpaired) electrons. The van der Waals surface area contributed by atoms with Gasteiger partial charge in [-0.1, -0.05) is 81.4 Å². The lowest BCUT2D eigenvalue weighted by molar-refractivity contribution is -0.140. The topological polar surface area (TPSA) is 129 Å². The van der Waals surface area contributed by atoms with Crippen molar-refractivity contribution in [3.05, 3.63) is 78.6 Å². The van der Waals surface area contributed by atoms with E-state index in [-0.39, 0.29) is 34.2 Å². The minimum Gasteiger partial charge on any atom is -0.443 e. The Morgan fingerprint density at radius 2 is 1.59 bits per heavy atom. The first-order valence-corrected chi connectivity index (χ1v) is 18.8. The van der Waals surface area contributed by atoms with Crippen molar-refractivity contribution in [3.63, 3.8) is 0 Å². The molecule has 0 spiro atoms. The molecule has 2 aromatic heterocycles. The fraction of sp³-hybridized carbons (Fsp3) is 0.417. The molecule has 4 heterocycles. The van der Waals surface area contributed by atoms with E-state index in [0.29, 0.717) is 32.7 Å². The van der Waals surface area contributed by atoms with Gasteiger partial charge in [0.05, 0.1) is 24.9 Å². The maximum absolute atomic E-state index is 14.2. The number of carbonyl (C=O) groups is 1. The van der Waals surface area contributed by atoms with E-state index in [0.717, 1.165) is 16.6 Å². The van der Waals surface area contributed by atoms with E-state index in [1.54, 1.807) is 4.90 Å². The predicted octanol–water partition coefficient (Wildman–Crippen LogP) is 5.44. The summed E-state index contributed by atoms with van der Waals surface area (Å²) < 4.78 is 61.2. The number of hydrogen-bond donors (Lipinski definition) is 1. The quantitative estimate of drug-likeness (QED) is 0.223. The van der Waals surface area contributed by atoms with Crippen LogP contribution in [0.15, 0.2) is 72.9 Å². The van der Waals surface area contributed by atoms with Crippen molar-refractivity contribution >= 4 is 42.5 Å². The number of hydrogen-bond acceptors (Lipinski definition) is 10. The van der Waals surface area contributed by atoms with Crippen molar-refractivity contribution in [2.75, 3.05) is 41.8 Å². The zero-order chi connectivity index (χ0) is 36.6. The van der Waals surface area contributed by atoms with E-state index in [2.05, 4.69) is 65.0 Å². The van der Waals surface area contributed by atoms with E-state index in [4.69, 9.17) is 19.6 Å². The summed E-state index contributed by atoms with van der Waals surface area (Å²) in [6.07, 6.45) is -5.12. The molecule has 6 rings (SSSR count). The lowest BCUT2D eigenvalue weighted by Gasteiger charge is -2.45. The van der Waals surface area contributed by atoms with Crippen molar-refractivity contribution in [1.82, 2.24) is 19.9 Å². The maximum Gasteiger partial charge on any atom is 0.434 e. The highest BCUT2D eigenvalue weighted by atomic mass is 28.4. The first-order valence-electron chi connectivity index (χ1n) is 16.9. The van der Waals surface area contributed by atoms with Gasteiger partial charge in [0, 0.05) is 43.4 Å². The van der Waals surface area contributed by atoms with Gasteiger partial charge in [-0.3, -0.25) is 4.90 Å². The van der Waals surface area contributed by atoms with E-state index in [9.17, 15) is 18.0 Å². The Morgan fingerprint density at radius 1 is 0.980 bits per heavy atom. The lowest BCUT2D eigenvalue weighted by Crippen LogP contribution is -2.67. The van der Waals surface area contributed by atoms with Crippen LogP contribution >= 0.6 is 0 Å². The van der Waals surface area contributed by atoms with Gasteiger partial charge in [0.25, 0.3) is 8.32 Å². The summed E-state index contributed by atoms with van der Waals surface area (Å²) in [5, 5.41) is 1.99. The van der Waals surface area contributed by atoms with Crippen molar-refractivity contribution < 1.29 is 31.9 Å². The molecule has 1 amide bonds. The molecule has 270 valence electrons. The number of aromatic nitrogens is 4. The minimum atomic E-state index is -4.84. The van der Waals surface area contributed by atoms with Crippen LogP contribution in [0.4, 0.5) is 35.7 Å². The smallest absolute Gasteiger partial charge is 0.434 e. The molecule has 3 atom stereocenters. The van der Waals surface area contributed by atoms with Crippen LogP contribution in [-0.2, 0) is 20.1 Å². The standard InChI is InChI=1S/C36H42F3N7O4Si/c1-23(50-51(35(3,4)5,25-12-8-6-9-13-25)26-14-10-7-11-15-26)20-29-24(2)46(34(47)49-29)30-21-28(42-33(43-30)45-16-18-48-19-17-45)27-22-41-32(40)44-31(27)36(37,38)39/h6-15,21-24,29H,16-20H2,1-5H3,(H2,40,41,44)/t23-,24-,29-/m0/s1. The molecule has 4 aromatic rings. The van der Waals surface area contributed by atoms with Crippen LogP contribution in [0.1, 0.15) is 46.7 Å². The summed E-state index contributed by atoms with van der Waals surface area (Å²) in [6, 6.07) is 21.3. The molecule has 2 saturated heterocycles. The first-order chi connectivity index (χ1) is 24.2. The van der Waals surface area contributed by atoms with Crippen LogP contribution < -0.4 is 25.9 Å². The van der Waals surface area contributed by atoms with Crippen molar-refractivity contribution in [3.8, 4) is 11.3 Å². The number of carbonyl (C=O) groups excluding carboxylic acids is 1. The Bertz CT molecular complexity index is 1800. The highest BCUT2D eigenvalue weighted by Gasteiger charge is 2.52. The molecule has 0 saturated carbocycles. The molecule has 11 nitrogen and oxygen atoms in total. The van der Waals surface area contributed by atoms with E-state index in [1.165, 1.54) is 11.0 Å². The Hall–Kier alpha value is -4.60. The second-order valence-corrected chi connectivity index (χ2v) is 18.1. The number of nitrogens with two attached hydrogens (primary N) is 1.